The van der Waals surface area contributed by atoms with Gasteiger partial charge in [-0.2, -0.15) is 0 Å². The molecule has 1 unspecified atom stereocenters. The van der Waals surface area contributed by atoms with Crippen molar-refractivity contribution in [3.63, 3.8) is 0 Å². The quantitative estimate of drug-likeness (QED) is 0.107. The van der Waals surface area contributed by atoms with Crippen molar-refractivity contribution in [2.45, 2.75) is 39.5 Å². The zero-order chi connectivity index (χ0) is 40.6. The van der Waals surface area contributed by atoms with Crippen LogP contribution < -0.4 is 14.4 Å². The van der Waals surface area contributed by atoms with E-state index in [1.54, 1.807) is 25.6 Å². The van der Waals surface area contributed by atoms with Gasteiger partial charge in [-0.05, 0) is 102 Å². The van der Waals surface area contributed by atoms with E-state index in [1.807, 2.05) is 89.6 Å². The molecule has 1 aliphatic rings. The molecule has 6 aromatic carbocycles. The largest absolute Gasteiger partial charge is 0.497 e. The molecule has 1 atom stereocenters. The zero-order valence-corrected chi connectivity index (χ0v) is 34.4. The van der Waals surface area contributed by atoms with Crippen LogP contribution in [0.3, 0.4) is 0 Å². The van der Waals surface area contributed by atoms with E-state index >= 15 is 0 Å². The third-order valence-corrected chi connectivity index (χ3v) is 12.3. The van der Waals surface area contributed by atoms with Gasteiger partial charge in [0.1, 0.15) is 22.5 Å². The fourth-order valence-electron chi connectivity index (χ4n) is 8.37. The topological polar surface area (TPSA) is 84.9 Å². The highest BCUT2D eigenvalue weighted by Crippen LogP contribution is 2.43. The van der Waals surface area contributed by atoms with Crippen LogP contribution in [0.25, 0.3) is 55.1 Å². The molecule has 3 heterocycles. The number of carbonyl (C=O) groups is 2. The summed E-state index contributed by atoms with van der Waals surface area (Å²) in [6, 6.07) is 38.4. The molecule has 0 bridgehead atoms. The summed E-state index contributed by atoms with van der Waals surface area (Å²) in [5.74, 6) is 1.41. The summed E-state index contributed by atoms with van der Waals surface area (Å²) in [7, 11) is 3.34. The van der Waals surface area contributed by atoms with Crippen LogP contribution in [0.15, 0.2) is 126 Å². The lowest BCUT2D eigenvalue weighted by molar-refractivity contribution is 0.0580. The Morgan fingerprint density at radius 3 is 1.73 bits per heavy atom. The maximum absolute atomic E-state index is 14.1. The van der Waals surface area contributed by atoms with Crippen molar-refractivity contribution in [1.29, 1.82) is 0 Å². The van der Waals surface area contributed by atoms with Crippen LogP contribution in [0.5, 0.6) is 11.5 Å². The van der Waals surface area contributed by atoms with Gasteiger partial charge in [-0.25, -0.2) is 9.97 Å². The van der Waals surface area contributed by atoms with Crippen molar-refractivity contribution in [2.24, 2.45) is 5.92 Å². The minimum absolute atomic E-state index is 0.221. The van der Waals surface area contributed by atoms with E-state index in [1.165, 1.54) is 4.90 Å². The van der Waals surface area contributed by atoms with Crippen molar-refractivity contribution in [3.8, 4) is 33.8 Å². The summed E-state index contributed by atoms with van der Waals surface area (Å²) in [6.07, 6.45) is 4.09. The second kappa shape index (κ2) is 16.0. The number of ether oxygens (including phenoxy) is 2. The molecule has 0 aliphatic carbocycles. The maximum Gasteiger partial charge on any atom is 0.261 e. The van der Waals surface area contributed by atoms with Crippen LogP contribution in [0, 0.1) is 5.92 Å². The Balaban J connectivity index is 1.13. The average Bonchev–Trinajstić information content (AvgIpc) is 3.75. The monoisotopic (exact) mass is 796 g/mol. The maximum atomic E-state index is 14.1. The van der Waals surface area contributed by atoms with E-state index in [9.17, 15) is 9.59 Å². The number of aromatic nitrogens is 2. The fourth-order valence-corrected chi connectivity index (χ4v) is 9.04. The number of thiophene rings is 1. The normalized spacial score (nSPS) is 13.1. The minimum Gasteiger partial charge on any atom is -0.497 e. The van der Waals surface area contributed by atoms with E-state index < -0.39 is 0 Å². The predicted molar refractivity (Wildman–Crippen MR) is 240 cm³/mol. The third kappa shape index (κ3) is 6.85. The van der Waals surface area contributed by atoms with Gasteiger partial charge in [0.25, 0.3) is 11.8 Å². The third-order valence-electron chi connectivity index (χ3n) is 11.6. The number of unbranched alkanes of at least 4 members (excludes halogenated alkanes) is 1. The van der Waals surface area contributed by atoms with Gasteiger partial charge in [-0.15, -0.1) is 11.3 Å². The van der Waals surface area contributed by atoms with Gasteiger partial charge in [-0.3, -0.25) is 14.5 Å². The lowest BCUT2D eigenvalue weighted by Crippen LogP contribution is -2.43. The molecule has 0 fully saturated rings. The van der Waals surface area contributed by atoms with Gasteiger partial charge in [0, 0.05) is 62.0 Å². The Labute approximate surface area is 347 Å². The molecule has 0 saturated carbocycles. The Bertz CT molecular complexity index is 2780. The molecule has 0 N–H and O–H groups in total. The molecule has 2 amide bonds. The smallest absolute Gasteiger partial charge is 0.261 e. The van der Waals surface area contributed by atoms with Crippen LogP contribution in [0.2, 0.25) is 0 Å². The molecule has 8 aromatic rings. The summed E-state index contributed by atoms with van der Waals surface area (Å²) in [6.45, 7) is 4.75. The molecule has 294 valence electrons. The highest BCUT2D eigenvalue weighted by Gasteiger charge is 2.34. The SMILES string of the molecule is CCCCC(CC)CN1C(=O)c2cccc3c(-c4ccc(-c5ccc(N(c6ccc(OC)cc6)c6ccc(OC)cc6)cc5)c5nc6cscc6nc45)ccc(c23)C1=O. The van der Waals surface area contributed by atoms with E-state index in [0.717, 1.165) is 104 Å². The minimum atomic E-state index is -0.221. The van der Waals surface area contributed by atoms with Crippen LogP contribution >= 0.6 is 11.3 Å². The molecule has 9 heteroatoms. The number of imide groups is 1. The second-order valence-corrected chi connectivity index (χ2v) is 15.8. The van der Waals surface area contributed by atoms with Crippen LogP contribution in [0.1, 0.15) is 60.2 Å². The first-order valence-corrected chi connectivity index (χ1v) is 21.1. The zero-order valence-electron chi connectivity index (χ0n) is 33.6. The first kappa shape index (κ1) is 38.0. The van der Waals surface area contributed by atoms with E-state index in [0.29, 0.717) is 23.1 Å². The number of hydrogen-bond acceptors (Lipinski definition) is 8. The standard InChI is InChI=1S/C50H44N4O4S/c1-5-7-9-31(6-2)28-53-49(55)42-11-8-10-40-39(25-27-43(46(40)42)50(53)56)41-26-24-38(47-48(41)52-45-30-59-29-44(45)51-47)32-12-14-33(15-13-32)54(34-16-20-36(57-3)21-17-34)35-18-22-37(58-4)23-19-35/h8,10-27,29-31H,5-7,9,28H2,1-4H3. The van der Waals surface area contributed by atoms with Crippen molar-refractivity contribution in [2.75, 3.05) is 25.7 Å². The number of methoxy groups -OCH3 is 2. The highest BCUT2D eigenvalue weighted by molar-refractivity contribution is 7.09. The van der Waals surface area contributed by atoms with E-state index in [-0.39, 0.29) is 17.7 Å². The molecular formula is C50H44N4O4S. The number of anilines is 3. The molecule has 0 saturated heterocycles. The Hall–Kier alpha value is -6.58. The van der Waals surface area contributed by atoms with Gasteiger partial charge in [-0.1, -0.05) is 75.6 Å². The van der Waals surface area contributed by atoms with Crippen LogP contribution in [-0.2, 0) is 0 Å². The van der Waals surface area contributed by atoms with Gasteiger partial charge in [0.2, 0.25) is 0 Å². The van der Waals surface area contributed by atoms with Gasteiger partial charge < -0.3 is 14.4 Å². The second-order valence-electron chi connectivity index (χ2n) is 15.0. The molecule has 0 radical (unpaired) electrons. The van der Waals surface area contributed by atoms with E-state index in [2.05, 4.69) is 55.1 Å². The molecule has 59 heavy (non-hydrogen) atoms. The summed E-state index contributed by atoms with van der Waals surface area (Å²) in [5.41, 5.74) is 11.0. The van der Waals surface area contributed by atoms with Gasteiger partial charge >= 0.3 is 0 Å². The summed E-state index contributed by atoms with van der Waals surface area (Å²) < 4.78 is 10.9. The number of carbonyl (C=O) groups excluding carboxylic acids is 2. The summed E-state index contributed by atoms with van der Waals surface area (Å²) in [4.78, 5) is 42.2. The van der Waals surface area contributed by atoms with Crippen molar-refractivity contribution in [1.82, 2.24) is 14.9 Å². The molecule has 2 aromatic heterocycles. The first-order valence-electron chi connectivity index (χ1n) is 20.2. The summed E-state index contributed by atoms with van der Waals surface area (Å²) in [5, 5.41) is 5.60. The number of benzene rings is 6. The lowest BCUT2D eigenvalue weighted by Gasteiger charge is -2.30. The molecule has 9 rings (SSSR count). The number of hydrogen-bond donors (Lipinski definition) is 0. The lowest BCUT2D eigenvalue weighted by atomic mass is 9.87. The molecule has 1 aliphatic heterocycles. The molecular weight excluding hydrogens is 753 g/mol. The highest BCUT2D eigenvalue weighted by atomic mass is 32.1. The van der Waals surface area contributed by atoms with Gasteiger partial charge in [0.05, 0.1) is 25.3 Å². The summed E-state index contributed by atoms with van der Waals surface area (Å²) >= 11 is 1.57. The number of fused-ring (bicyclic) bond motifs is 2. The van der Waals surface area contributed by atoms with Crippen molar-refractivity contribution in [3.05, 3.63) is 137 Å². The van der Waals surface area contributed by atoms with Crippen LogP contribution in [-0.4, -0.2) is 47.4 Å². The van der Waals surface area contributed by atoms with Crippen molar-refractivity contribution >= 4 is 73.1 Å². The molecule has 0 spiro atoms. The van der Waals surface area contributed by atoms with Crippen LogP contribution in [0.4, 0.5) is 17.1 Å². The Morgan fingerprint density at radius 2 is 1.15 bits per heavy atom. The Morgan fingerprint density at radius 1 is 0.627 bits per heavy atom. The Kier molecular flexibility index (Phi) is 10.3. The van der Waals surface area contributed by atoms with Crippen molar-refractivity contribution < 1.29 is 19.1 Å². The number of rotatable bonds is 13. The average molecular weight is 797 g/mol. The fraction of sp³-hybridized carbons (Fsp3) is 0.200. The first-order chi connectivity index (χ1) is 28.9. The van der Waals surface area contributed by atoms with E-state index in [4.69, 9.17) is 19.4 Å². The van der Waals surface area contributed by atoms with Gasteiger partial charge in [0.15, 0.2) is 0 Å². The molecule has 8 nitrogen and oxygen atoms in total. The number of amides is 2. The number of nitrogens with zero attached hydrogens (tertiary/aromatic N) is 4. The predicted octanol–water partition coefficient (Wildman–Crippen LogP) is 12.6.